The maximum Gasteiger partial charge on any atom is 0.335 e. The second kappa shape index (κ2) is 11.1. The Hall–Kier alpha value is -2.82. The van der Waals surface area contributed by atoms with Gasteiger partial charge in [-0.1, -0.05) is 26.0 Å². The lowest BCUT2D eigenvalue weighted by Crippen LogP contribution is -2.42. The molecule has 3 heterocycles. The molecule has 36 heavy (non-hydrogen) atoms. The Balaban J connectivity index is 1.47. The number of aromatic amines is 1. The first kappa shape index (κ1) is 26.2. The predicted molar refractivity (Wildman–Crippen MR) is 136 cm³/mol. The lowest BCUT2D eigenvalue weighted by atomic mass is 10.0. The van der Waals surface area contributed by atoms with Gasteiger partial charge in [-0.25, -0.2) is 18.2 Å². The topological polar surface area (TPSA) is 114 Å². The SMILES string of the molecule is Cc1nc2c(Cc3ccc(S(=O)(=O)N(C)[C@H](COC(=O)C4CCCO4)CC(C)C)cc3)nccc2[nH]1. The van der Waals surface area contributed by atoms with Gasteiger partial charge in [-0.15, -0.1) is 0 Å². The number of likely N-dealkylation sites (N-methyl/N-ethyl adjacent to an activating group) is 1. The lowest BCUT2D eigenvalue weighted by molar-refractivity contribution is -0.155. The Morgan fingerprint density at radius 2 is 2.00 bits per heavy atom. The van der Waals surface area contributed by atoms with Crippen LogP contribution in [0.1, 0.15) is 50.2 Å². The van der Waals surface area contributed by atoms with Gasteiger partial charge in [-0.05, 0) is 55.9 Å². The molecule has 1 N–H and O–H groups in total. The molecule has 3 aromatic rings. The van der Waals surface area contributed by atoms with Crippen LogP contribution in [0.5, 0.6) is 0 Å². The average Bonchev–Trinajstić information content (AvgIpc) is 3.51. The van der Waals surface area contributed by atoms with Crippen molar-refractivity contribution >= 4 is 27.0 Å². The minimum atomic E-state index is -3.79. The number of pyridine rings is 1. The van der Waals surface area contributed by atoms with Gasteiger partial charge in [-0.2, -0.15) is 4.31 Å². The van der Waals surface area contributed by atoms with Gasteiger partial charge in [0.1, 0.15) is 17.9 Å². The summed E-state index contributed by atoms with van der Waals surface area (Å²) in [6, 6.07) is 8.23. The van der Waals surface area contributed by atoms with Crippen molar-refractivity contribution in [3.8, 4) is 0 Å². The molecular formula is C26H34N4O5S. The number of ether oxygens (including phenoxy) is 2. The van der Waals surface area contributed by atoms with E-state index in [-0.39, 0.29) is 17.4 Å². The highest BCUT2D eigenvalue weighted by molar-refractivity contribution is 7.89. The molecule has 1 saturated heterocycles. The molecule has 0 saturated carbocycles. The molecule has 1 aromatic carbocycles. The largest absolute Gasteiger partial charge is 0.462 e. The number of carbonyl (C=O) groups excluding carboxylic acids is 1. The number of rotatable bonds is 10. The van der Waals surface area contributed by atoms with Gasteiger partial charge < -0.3 is 14.5 Å². The van der Waals surface area contributed by atoms with Crippen LogP contribution in [0.3, 0.4) is 0 Å². The number of imidazole rings is 1. The molecule has 2 aromatic heterocycles. The van der Waals surface area contributed by atoms with E-state index in [4.69, 9.17) is 9.47 Å². The smallest absolute Gasteiger partial charge is 0.335 e. The zero-order valence-electron chi connectivity index (χ0n) is 21.2. The van der Waals surface area contributed by atoms with E-state index < -0.39 is 28.1 Å². The van der Waals surface area contributed by atoms with E-state index in [9.17, 15) is 13.2 Å². The fourth-order valence-corrected chi connectivity index (χ4v) is 5.83. The number of carbonyl (C=O) groups is 1. The molecule has 1 unspecified atom stereocenters. The Kier molecular flexibility index (Phi) is 8.07. The van der Waals surface area contributed by atoms with Crippen LogP contribution in [0.25, 0.3) is 11.0 Å². The number of esters is 1. The molecule has 0 radical (unpaired) electrons. The summed E-state index contributed by atoms with van der Waals surface area (Å²) in [5.41, 5.74) is 3.51. The third kappa shape index (κ3) is 5.93. The third-order valence-electron chi connectivity index (χ3n) is 6.44. The van der Waals surface area contributed by atoms with E-state index in [1.54, 1.807) is 37.5 Å². The quantitative estimate of drug-likeness (QED) is 0.411. The first-order chi connectivity index (χ1) is 17.1. The second-order valence-electron chi connectivity index (χ2n) is 9.73. The summed E-state index contributed by atoms with van der Waals surface area (Å²) < 4.78 is 39.1. The summed E-state index contributed by atoms with van der Waals surface area (Å²) in [5, 5.41) is 0. The molecule has 1 aliphatic heterocycles. The zero-order valence-corrected chi connectivity index (χ0v) is 22.0. The first-order valence-corrected chi connectivity index (χ1v) is 13.7. The molecule has 0 aliphatic carbocycles. The van der Waals surface area contributed by atoms with Gasteiger partial charge in [0.05, 0.1) is 22.1 Å². The zero-order chi connectivity index (χ0) is 25.9. The van der Waals surface area contributed by atoms with Crippen molar-refractivity contribution in [2.75, 3.05) is 20.3 Å². The molecule has 9 nitrogen and oxygen atoms in total. The number of nitrogens with one attached hydrogen (secondary N) is 1. The Labute approximate surface area is 212 Å². The second-order valence-corrected chi connectivity index (χ2v) is 11.7. The van der Waals surface area contributed by atoms with E-state index in [0.29, 0.717) is 25.9 Å². The first-order valence-electron chi connectivity index (χ1n) is 12.3. The Bertz CT molecular complexity index is 1300. The number of hydrogen-bond donors (Lipinski definition) is 1. The standard InChI is InChI=1S/C26H34N4O5S/c1-17(2)14-20(16-35-26(31)24-6-5-13-34-24)30(4)36(32,33)21-9-7-19(8-10-21)15-23-25-22(11-12-27-23)28-18(3)29-25/h7-12,17,20,24H,5-6,13-16H2,1-4H3,(H,28,29)/t20-,24?/m0/s1. The molecule has 0 amide bonds. The van der Waals surface area contributed by atoms with E-state index >= 15 is 0 Å². The molecule has 0 bridgehead atoms. The number of benzene rings is 1. The van der Waals surface area contributed by atoms with Gasteiger partial charge in [0.2, 0.25) is 10.0 Å². The molecule has 1 fully saturated rings. The summed E-state index contributed by atoms with van der Waals surface area (Å²) in [6.45, 7) is 6.46. The summed E-state index contributed by atoms with van der Waals surface area (Å²) in [6.07, 6.45) is 3.75. The summed E-state index contributed by atoms with van der Waals surface area (Å²) in [4.78, 5) is 24.7. The molecule has 4 rings (SSSR count). The van der Waals surface area contributed by atoms with Crippen LogP contribution in [-0.2, 0) is 30.7 Å². The van der Waals surface area contributed by atoms with E-state index in [2.05, 4.69) is 15.0 Å². The fraction of sp³-hybridized carbons (Fsp3) is 0.500. The van der Waals surface area contributed by atoms with Crippen LogP contribution in [0, 0.1) is 12.8 Å². The van der Waals surface area contributed by atoms with Gasteiger partial charge >= 0.3 is 5.97 Å². The van der Waals surface area contributed by atoms with Gasteiger partial charge in [0, 0.05) is 26.3 Å². The molecule has 0 spiro atoms. The summed E-state index contributed by atoms with van der Waals surface area (Å²) in [7, 11) is -2.25. The Morgan fingerprint density at radius 3 is 2.67 bits per heavy atom. The van der Waals surface area contributed by atoms with Gasteiger partial charge in [0.25, 0.3) is 0 Å². The van der Waals surface area contributed by atoms with Crippen molar-refractivity contribution in [2.45, 2.75) is 63.5 Å². The number of sulfonamides is 1. The number of aromatic nitrogens is 3. The number of aryl methyl sites for hydroxylation is 1. The maximum absolute atomic E-state index is 13.4. The van der Waals surface area contributed by atoms with Crippen LogP contribution in [0.2, 0.25) is 0 Å². The van der Waals surface area contributed by atoms with Crippen molar-refractivity contribution in [3.63, 3.8) is 0 Å². The number of fused-ring (bicyclic) bond motifs is 1. The molecule has 1 aliphatic rings. The van der Waals surface area contributed by atoms with E-state index in [1.807, 2.05) is 26.8 Å². The van der Waals surface area contributed by atoms with Crippen molar-refractivity contribution in [3.05, 3.63) is 53.6 Å². The van der Waals surface area contributed by atoms with Crippen LogP contribution in [0.4, 0.5) is 0 Å². The maximum atomic E-state index is 13.4. The molecule has 10 heteroatoms. The highest BCUT2D eigenvalue weighted by atomic mass is 32.2. The van der Waals surface area contributed by atoms with Gasteiger partial charge in [0.15, 0.2) is 6.10 Å². The van der Waals surface area contributed by atoms with Crippen molar-refractivity contribution < 1.29 is 22.7 Å². The highest BCUT2D eigenvalue weighted by Crippen LogP contribution is 2.23. The van der Waals surface area contributed by atoms with Crippen LogP contribution >= 0.6 is 0 Å². The van der Waals surface area contributed by atoms with Crippen LogP contribution < -0.4 is 0 Å². The minimum Gasteiger partial charge on any atom is -0.462 e. The van der Waals surface area contributed by atoms with Crippen molar-refractivity contribution in [1.82, 2.24) is 19.3 Å². The predicted octanol–water partition coefficient (Wildman–Crippen LogP) is 3.61. The fourth-order valence-electron chi connectivity index (χ4n) is 4.48. The lowest BCUT2D eigenvalue weighted by Gasteiger charge is -2.29. The minimum absolute atomic E-state index is 0.0105. The van der Waals surface area contributed by atoms with Crippen LogP contribution in [0.15, 0.2) is 41.4 Å². The number of hydrogen-bond acceptors (Lipinski definition) is 7. The van der Waals surface area contributed by atoms with E-state index in [0.717, 1.165) is 34.5 Å². The van der Waals surface area contributed by atoms with Crippen LogP contribution in [-0.4, -0.2) is 66.1 Å². The average molecular weight is 515 g/mol. The Morgan fingerprint density at radius 1 is 1.25 bits per heavy atom. The van der Waals surface area contributed by atoms with Crippen molar-refractivity contribution in [1.29, 1.82) is 0 Å². The highest BCUT2D eigenvalue weighted by Gasteiger charge is 2.31. The molecule has 2 atom stereocenters. The van der Waals surface area contributed by atoms with Crippen molar-refractivity contribution in [2.24, 2.45) is 5.92 Å². The third-order valence-corrected chi connectivity index (χ3v) is 8.36. The number of H-pyrrole nitrogens is 1. The molecular weight excluding hydrogens is 480 g/mol. The van der Waals surface area contributed by atoms with E-state index in [1.165, 1.54) is 4.31 Å². The summed E-state index contributed by atoms with van der Waals surface area (Å²) >= 11 is 0. The monoisotopic (exact) mass is 514 g/mol. The number of nitrogens with zero attached hydrogens (tertiary/aromatic N) is 3. The van der Waals surface area contributed by atoms with Gasteiger partial charge in [-0.3, -0.25) is 4.98 Å². The summed E-state index contributed by atoms with van der Waals surface area (Å²) in [5.74, 6) is 0.616. The normalized spacial score (nSPS) is 17.2. The molecule has 194 valence electrons.